The van der Waals surface area contributed by atoms with Gasteiger partial charge in [-0.1, -0.05) is 19.1 Å². The zero-order valence-corrected chi connectivity index (χ0v) is 11.4. The molecule has 2 rings (SSSR count). The van der Waals surface area contributed by atoms with Crippen molar-refractivity contribution in [2.75, 3.05) is 18.5 Å². The van der Waals surface area contributed by atoms with E-state index in [1.54, 1.807) is 0 Å². The molecule has 1 aliphatic heterocycles. The third kappa shape index (κ3) is 3.55. The van der Waals surface area contributed by atoms with Crippen LogP contribution in [0, 0.1) is 5.92 Å². The molecule has 4 nitrogen and oxygen atoms in total. The van der Waals surface area contributed by atoms with Crippen molar-refractivity contribution in [3.63, 3.8) is 0 Å². The summed E-state index contributed by atoms with van der Waals surface area (Å²) in [6.07, 6.45) is 2.63. The van der Waals surface area contributed by atoms with Gasteiger partial charge in [-0.3, -0.25) is 4.79 Å². The van der Waals surface area contributed by atoms with E-state index in [-0.39, 0.29) is 17.9 Å². The minimum atomic E-state index is -0.0197. The van der Waals surface area contributed by atoms with Crippen LogP contribution < -0.4 is 11.1 Å². The van der Waals surface area contributed by atoms with Crippen LogP contribution in [0.5, 0.6) is 0 Å². The Balaban J connectivity index is 1.94. The van der Waals surface area contributed by atoms with Gasteiger partial charge in [-0.05, 0) is 43.5 Å². The van der Waals surface area contributed by atoms with E-state index in [1.165, 1.54) is 5.56 Å². The van der Waals surface area contributed by atoms with Crippen LogP contribution in [-0.2, 0) is 16.0 Å². The maximum absolute atomic E-state index is 12.2. The van der Waals surface area contributed by atoms with Crippen molar-refractivity contribution in [1.82, 2.24) is 0 Å². The molecule has 4 heteroatoms. The van der Waals surface area contributed by atoms with Gasteiger partial charge >= 0.3 is 0 Å². The fourth-order valence-corrected chi connectivity index (χ4v) is 2.51. The molecular formula is C15H22N2O2. The lowest BCUT2D eigenvalue weighted by Crippen LogP contribution is -2.29. The predicted molar refractivity (Wildman–Crippen MR) is 76.0 cm³/mol. The lowest BCUT2D eigenvalue weighted by molar-refractivity contribution is -0.121. The van der Waals surface area contributed by atoms with Gasteiger partial charge in [-0.25, -0.2) is 0 Å². The van der Waals surface area contributed by atoms with E-state index < -0.39 is 0 Å². The molecule has 0 bridgehead atoms. The molecule has 1 aromatic carbocycles. The molecule has 1 amide bonds. The molecule has 3 N–H and O–H groups in total. The average Bonchev–Trinajstić information content (AvgIpc) is 2.90. The molecule has 0 saturated carbocycles. The molecule has 1 fully saturated rings. The van der Waals surface area contributed by atoms with Gasteiger partial charge < -0.3 is 15.8 Å². The zero-order valence-electron chi connectivity index (χ0n) is 11.4. The minimum Gasteiger partial charge on any atom is -0.377 e. The van der Waals surface area contributed by atoms with Crippen LogP contribution in [0.1, 0.15) is 25.3 Å². The number of anilines is 1. The zero-order chi connectivity index (χ0) is 13.7. The second kappa shape index (κ2) is 6.68. The van der Waals surface area contributed by atoms with Crippen LogP contribution in [0.3, 0.4) is 0 Å². The number of amides is 1. The van der Waals surface area contributed by atoms with E-state index in [1.807, 2.05) is 24.3 Å². The first-order valence-electron chi connectivity index (χ1n) is 6.96. The van der Waals surface area contributed by atoms with Crippen molar-refractivity contribution >= 4 is 11.6 Å². The van der Waals surface area contributed by atoms with E-state index in [9.17, 15) is 4.79 Å². The summed E-state index contributed by atoms with van der Waals surface area (Å²) in [6.45, 7) is 3.38. The smallest absolute Gasteiger partial charge is 0.230 e. The van der Waals surface area contributed by atoms with Crippen molar-refractivity contribution in [2.45, 2.75) is 32.3 Å². The number of hydrogen-bond donors (Lipinski definition) is 2. The Kier molecular flexibility index (Phi) is 4.93. The predicted octanol–water partition coefficient (Wildman–Crippen LogP) is 1.94. The summed E-state index contributed by atoms with van der Waals surface area (Å²) in [5.74, 6) is 0.0460. The van der Waals surface area contributed by atoms with Crippen LogP contribution in [0.2, 0.25) is 0 Å². The normalized spacial score (nSPS) is 22.4. The van der Waals surface area contributed by atoms with Crippen LogP contribution in [0.15, 0.2) is 24.3 Å². The van der Waals surface area contributed by atoms with Gasteiger partial charge in [-0.15, -0.1) is 0 Å². The van der Waals surface area contributed by atoms with Crippen molar-refractivity contribution < 1.29 is 9.53 Å². The van der Waals surface area contributed by atoms with E-state index >= 15 is 0 Å². The Labute approximate surface area is 114 Å². The second-order valence-electron chi connectivity index (χ2n) is 4.94. The molecule has 1 aliphatic rings. The number of benzene rings is 1. The lowest BCUT2D eigenvalue weighted by atomic mass is 9.98. The van der Waals surface area contributed by atoms with Gasteiger partial charge in [0.25, 0.3) is 0 Å². The maximum Gasteiger partial charge on any atom is 0.230 e. The number of carbonyl (C=O) groups is 1. The largest absolute Gasteiger partial charge is 0.377 e. The first-order chi connectivity index (χ1) is 9.24. The van der Waals surface area contributed by atoms with Gasteiger partial charge in [0, 0.05) is 12.3 Å². The number of nitrogens with two attached hydrogens (primary N) is 1. The van der Waals surface area contributed by atoms with Crippen LogP contribution in [0.25, 0.3) is 0 Å². The summed E-state index contributed by atoms with van der Waals surface area (Å²) in [7, 11) is 0. The average molecular weight is 262 g/mol. The van der Waals surface area contributed by atoms with E-state index in [4.69, 9.17) is 10.5 Å². The second-order valence-corrected chi connectivity index (χ2v) is 4.94. The third-order valence-corrected chi connectivity index (χ3v) is 3.60. The number of ether oxygens (including phenoxy) is 1. The molecule has 2 unspecified atom stereocenters. The Morgan fingerprint density at radius 1 is 1.42 bits per heavy atom. The summed E-state index contributed by atoms with van der Waals surface area (Å²) in [5.41, 5.74) is 7.54. The highest BCUT2D eigenvalue weighted by Crippen LogP contribution is 2.25. The monoisotopic (exact) mass is 262 g/mol. The van der Waals surface area contributed by atoms with Gasteiger partial charge in [0.1, 0.15) is 0 Å². The molecule has 0 spiro atoms. The molecule has 0 aliphatic carbocycles. The quantitative estimate of drug-likeness (QED) is 0.852. The minimum absolute atomic E-state index is 0.0197. The van der Waals surface area contributed by atoms with Gasteiger partial charge in [-0.2, -0.15) is 0 Å². The summed E-state index contributed by atoms with van der Waals surface area (Å²) in [5, 5.41) is 2.97. The highest BCUT2D eigenvalue weighted by molar-refractivity contribution is 5.93. The van der Waals surface area contributed by atoms with E-state index in [2.05, 4.69) is 12.2 Å². The molecule has 1 aromatic rings. The van der Waals surface area contributed by atoms with Crippen molar-refractivity contribution in [3.8, 4) is 0 Å². The van der Waals surface area contributed by atoms with E-state index in [0.29, 0.717) is 13.2 Å². The number of carbonyl (C=O) groups excluding carboxylic acids is 1. The Morgan fingerprint density at radius 3 is 2.79 bits per heavy atom. The first kappa shape index (κ1) is 14.0. The van der Waals surface area contributed by atoms with Crippen LogP contribution in [0.4, 0.5) is 5.69 Å². The number of rotatable bonds is 5. The molecule has 1 saturated heterocycles. The van der Waals surface area contributed by atoms with Crippen molar-refractivity contribution in [1.29, 1.82) is 0 Å². The SMILES string of the molecule is CCC1OCCC1C(=O)Nc1ccc(CCN)cc1. The van der Waals surface area contributed by atoms with Crippen LogP contribution in [-0.4, -0.2) is 25.2 Å². The Hall–Kier alpha value is -1.39. The molecule has 1 heterocycles. The summed E-state index contributed by atoms with van der Waals surface area (Å²) in [4.78, 5) is 12.2. The molecule has 0 radical (unpaired) electrons. The molecule has 104 valence electrons. The highest BCUT2D eigenvalue weighted by Gasteiger charge is 2.32. The summed E-state index contributed by atoms with van der Waals surface area (Å²) in [6, 6.07) is 7.87. The molecule has 19 heavy (non-hydrogen) atoms. The highest BCUT2D eigenvalue weighted by atomic mass is 16.5. The molecular weight excluding hydrogens is 240 g/mol. The first-order valence-corrected chi connectivity index (χ1v) is 6.96. The maximum atomic E-state index is 12.2. The summed E-state index contributed by atoms with van der Waals surface area (Å²) < 4.78 is 5.55. The fourth-order valence-electron chi connectivity index (χ4n) is 2.51. The summed E-state index contributed by atoms with van der Waals surface area (Å²) >= 11 is 0. The Morgan fingerprint density at radius 2 is 2.16 bits per heavy atom. The number of nitrogens with one attached hydrogen (secondary N) is 1. The molecule has 2 atom stereocenters. The van der Waals surface area contributed by atoms with Gasteiger partial charge in [0.2, 0.25) is 5.91 Å². The lowest BCUT2D eigenvalue weighted by Gasteiger charge is -2.16. The van der Waals surface area contributed by atoms with Crippen LogP contribution >= 0.6 is 0 Å². The Bertz CT molecular complexity index is 417. The van der Waals surface area contributed by atoms with Crippen molar-refractivity contribution in [2.24, 2.45) is 11.7 Å². The van der Waals surface area contributed by atoms with E-state index in [0.717, 1.165) is 24.9 Å². The molecule has 0 aromatic heterocycles. The standard InChI is InChI=1S/C15H22N2O2/c1-2-14-13(8-10-19-14)15(18)17-12-5-3-11(4-6-12)7-9-16/h3-6,13-14H,2,7-10,16H2,1H3,(H,17,18). The van der Waals surface area contributed by atoms with Gasteiger partial charge in [0.05, 0.1) is 12.0 Å². The topological polar surface area (TPSA) is 64.3 Å². The van der Waals surface area contributed by atoms with Gasteiger partial charge in [0.15, 0.2) is 0 Å². The fraction of sp³-hybridized carbons (Fsp3) is 0.533. The third-order valence-electron chi connectivity index (χ3n) is 3.60. The van der Waals surface area contributed by atoms with Crippen molar-refractivity contribution in [3.05, 3.63) is 29.8 Å². The number of hydrogen-bond acceptors (Lipinski definition) is 3.